The number of urea groups is 1. The molecule has 0 spiro atoms. The van der Waals surface area contributed by atoms with Gasteiger partial charge in [-0.3, -0.25) is 9.48 Å². The summed E-state index contributed by atoms with van der Waals surface area (Å²) in [5, 5.41) is 7.20. The van der Waals surface area contributed by atoms with Crippen molar-refractivity contribution in [2.45, 2.75) is 51.7 Å². The largest absolute Gasteiger partial charge is 0.334 e. The highest BCUT2D eigenvalue weighted by Gasteiger charge is 2.40. The highest BCUT2D eigenvalue weighted by Crippen LogP contribution is 2.38. The minimum absolute atomic E-state index is 0.0952. The summed E-state index contributed by atoms with van der Waals surface area (Å²) in [6, 6.07) is 4.15. The monoisotopic (exact) mass is 367 g/mol. The minimum atomic E-state index is -0.132. The van der Waals surface area contributed by atoms with Crippen LogP contribution in [0.5, 0.6) is 0 Å². The van der Waals surface area contributed by atoms with E-state index in [1.807, 2.05) is 42.6 Å². The first-order valence-electron chi connectivity index (χ1n) is 9.38. The van der Waals surface area contributed by atoms with Crippen molar-refractivity contribution in [3.05, 3.63) is 57.3 Å². The Morgan fingerprint density at radius 2 is 2.19 bits per heavy atom. The second kappa shape index (κ2) is 6.72. The lowest BCUT2D eigenvalue weighted by Crippen LogP contribution is -2.48. The Morgan fingerprint density at radius 1 is 1.37 bits per heavy atom. The van der Waals surface area contributed by atoms with Gasteiger partial charge >= 0.3 is 6.03 Å². The SMILES string of the molecule is Cc1cc(C)c(CNC(=O)N2C3C=C(c4ccnn4C)CC2CC3)c(=O)[nH]1. The molecule has 0 aliphatic carbocycles. The smallest absolute Gasteiger partial charge is 0.318 e. The number of aryl methyl sites for hydroxylation is 3. The Bertz CT molecular complexity index is 971. The molecule has 27 heavy (non-hydrogen) atoms. The number of carbonyl (C=O) groups is 1. The van der Waals surface area contributed by atoms with Crippen molar-refractivity contribution in [2.24, 2.45) is 7.05 Å². The maximum Gasteiger partial charge on any atom is 0.318 e. The number of fused-ring (bicyclic) bond motifs is 2. The summed E-state index contributed by atoms with van der Waals surface area (Å²) in [7, 11) is 1.94. The number of carbonyl (C=O) groups excluding carboxylic acids is 1. The fraction of sp³-hybridized carbons (Fsp3) is 0.450. The lowest BCUT2D eigenvalue weighted by molar-refractivity contribution is 0.179. The summed E-state index contributed by atoms with van der Waals surface area (Å²) in [5.74, 6) is 0. The molecular weight excluding hydrogens is 342 g/mol. The molecule has 7 nitrogen and oxygen atoms in total. The second-order valence-corrected chi connectivity index (χ2v) is 7.54. The van der Waals surface area contributed by atoms with Crippen LogP contribution >= 0.6 is 0 Å². The normalized spacial score (nSPS) is 21.3. The van der Waals surface area contributed by atoms with Gasteiger partial charge in [0.2, 0.25) is 0 Å². The topological polar surface area (TPSA) is 83.0 Å². The van der Waals surface area contributed by atoms with E-state index in [9.17, 15) is 9.59 Å². The molecule has 7 heteroatoms. The van der Waals surface area contributed by atoms with Gasteiger partial charge < -0.3 is 15.2 Å². The Balaban J connectivity index is 1.49. The van der Waals surface area contributed by atoms with Crippen LogP contribution in [0.4, 0.5) is 4.79 Å². The highest BCUT2D eigenvalue weighted by molar-refractivity contribution is 5.78. The molecule has 0 saturated carbocycles. The van der Waals surface area contributed by atoms with Gasteiger partial charge in [-0.1, -0.05) is 6.08 Å². The molecular formula is C20H25N5O2. The molecule has 2 atom stereocenters. The first-order valence-corrected chi connectivity index (χ1v) is 9.38. The van der Waals surface area contributed by atoms with Gasteiger partial charge in [-0.25, -0.2) is 4.79 Å². The van der Waals surface area contributed by atoms with Crippen LogP contribution in [-0.4, -0.2) is 37.8 Å². The van der Waals surface area contributed by atoms with E-state index in [4.69, 9.17) is 0 Å². The van der Waals surface area contributed by atoms with E-state index in [2.05, 4.69) is 21.5 Å². The van der Waals surface area contributed by atoms with Crippen LogP contribution in [0.1, 0.15) is 41.8 Å². The number of H-pyrrole nitrogens is 1. The van der Waals surface area contributed by atoms with Gasteiger partial charge in [-0.2, -0.15) is 5.10 Å². The number of aromatic amines is 1. The number of rotatable bonds is 3. The maximum absolute atomic E-state index is 12.8. The Morgan fingerprint density at radius 3 is 2.85 bits per heavy atom. The molecule has 2 aromatic heterocycles. The molecule has 2 bridgehead atoms. The standard InChI is InChI=1S/C20H25N5O2/c1-12-8-13(2)23-19(26)17(12)11-21-20(27)25-15-4-5-16(25)10-14(9-15)18-6-7-22-24(18)3/h6-9,15-16H,4-5,10-11H2,1-3H3,(H,21,27)(H,23,26). The summed E-state index contributed by atoms with van der Waals surface area (Å²) in [4.78, 5) is 29.7. The van der Waals surface area contributed by atoms with E-state index >= 15 is 0 Å². The van der Waals surface area contributed by atoms with E-state index < -0.39 is 0 Å². The van der Waals surface area contributed by atoms with Gasteiger partial charge in [-0.05, 0) is 56.4 Å². The Hall–Kier alpha value is -2.83. The number of hydrogen-bond acceptors (Lipinski definition) is 3. The number of nitrogens with zero attached hydrogens (tertiary/aromatic N) is 3. The molecule has 2 aromatic rings. The zero-order chi connectivity index (χ0) is 19.1. The summed E-state index contributed by atoms with van der Waals surface area (Å²) >= 11 is 0. The van der Waals surface area contributed by atoms with Crippen molar-refractivity contribution < 1.29 is 4.79 Å². The Kier molecular flexibility index (Phi) is 4.37. The van der Waals surface area contributed by atoms with Gasteiger partial charge in [0.05, 0.1) is 18.3 Å². The third-order valence-electron chi connectivity index (χ3n) is 5.69. The summed E-state index contributed by atoms with van der Waals surface area (Å²) in [5.41, 5.74) is 4.59. The molecule has 2 aliphatic rings. The van der Waals surface area contributed by atoms with Crippen LogP contribution in [0.3, 0.4) is 0 Å². The van der Waals surface area contributed by atoms with E-state index in [-0.39, 0.29) is 30.2 Å². The van der Waals surface area contributed by atoms with Crippen molar-refractivity contribution in [1.29, 1.82) is 0 Å². The molecule has 142 valence electrons. The van der Waals surface area contributed by atoms with Crippen LogP contribution in [-0.2, 0) is 13.6 Å². The van der Waals surface area contributed by atoms with Crippen molar-refractivity contribution in [1.82, 2.24) is 25.0 Å². The third-order valence-corrected chi connectivity index (χ3v) is 5.69. The third kappa shape index (κ3) is 3.18. The molecule has 4 rings (SSSR count). The molecule has 2 N–H and O–H groups in total. The minimum Gasteiger partial charge on any atom is -0.334 e. The van der Waals surface area contributed by atoms with Crippen molar-refractivity contribution >= 4 is 11.6 Å². The van der Waals surface area contributed by atoms with E-state index in [0.717, 1.165) is 36.2 Å². The average molecular weight is 367 g/mol. The van der Waals surface area contributed by atoms with Gasteiger partial charge in [0.15, 0.2) is 0 Å². The number of nitrogens with one attached hydrogen (secondary N) is 2. The molecule has 4 heterocycles. The van der Waals surface area contributed by atoms with Crippen molar-refractivity contribution in [3.63, 3.8) is 0 Å². The zero-order valence-corrected chi connectivity index (χ0v) is 16.0. The van der Waals surface area contributed by atoms with Crippen LogP contribution in [0.2, 0.25) is 0 Å². The lowest BCUT2D eigenvalue weighted by atomic mass is 9.99. The molecule has 2 unspecified atom stereocenters. The molecule has 0 aromatic carbocycles. The number of pyridine rings is 1. The van der Waals surface area contributed by atoms with Crippen LogP contribution in [0.25, 0.3) is 5.57 Å². The first kappa shape index (κ1) is 17.6. The van der Waals surface area contributed by atoms with E-state index in [1.165, 1.54) is 5.57 Å². The predicted molar refractivity (Wildman–Crippen MR) is 103 cm³/mol. The molecule has 1 saturated heterocycles. The fourth-order valence-corrected chi connectivity index (χ4v) is 4.38. The Labute approximate surface area is 158 Å². The van der Waals surface area contributed by atoms with Gasteiger partial charge in [0.1, 0.15) is 0 Å². The summed E-state index contributed by atoms with van der Waals surface area (Å²) in [6.07, 6.45) is 6.82. The van der Waals surface area contributed by atoms with Gasteiger partial charge in [0, 0.05) is 30.5 Å². The van der Waals surface area contributed by atoms with E-state index in [0.29, 0.717) is 5.56 Å². The van der Waals surface area contributed by atoms with E-state index in [1.54, 1.807) is 6.20 Å². The quantitative estimate of drug-likeness (QED) is 0.873. The second-order valence-electron chi connectivity index (χ2n) is 7.54. The molecule has 2 amide bonds. The predicted octanol–water partition coefficient (Wildman–Crippen LogP) is 2.26. The van der Waals surface area contributed by atoms with Crippen molar-refractivity contribution in [3.8, 4) is 0 Å². The highest BCUT2D eigenvalue weighted by atomic mass is 16.2. The number of aromatic nitrogens is 3. The fourth-order valence-electron chi connectivity index (χ4n) is 4.38. The van der Waals surface area contributed by atoms with Crippen LogP contribution in [0, 0.1) is 13.8 Å². The zero-order valence-electron chi connectivity index (χ0n) is 16.0. The summed E-state index contributed by atoms with van der Waals surface area (Å²) < 4.78 is 1.88. The van der Waals surface area contributed by atoms with Gasteiger partial charge in [0.25, 0.3) is 5.56 Å². The first-order chi connectivity index (χ1) is 12.9. The van der Waals surface area contributed by atoms with Crippen LogP contribution in [0.15, 0.2) is 29.2 Å². The average Bonchev–Trinajstić information content (AvgIpc) is 3.14. The lowest BCUT2D eigenvalue weighted by Gasteiger charge is -2.34. The maximum atomic E-state index is 12.8. The molecule has 2 aliphatic heterocycles. The number of amides is 2. The molecule has 1 fully saturated rings. The summed E-state index contributed by atoms with van der Waals surface area (Å²) in [6.45, 7) is 4.00. The van der Waals surface area contributed by atoms with Crippen molar-refractivity contribution in [2.75, 3.05) is 0 Å². The van der Waals surface area contributed by atoms with Gasteiger partial charge in [-0.15, -0.1) is 0 Å². The number of hydrogen-bond donors (Lipinski definition) is 2. The van der Waals surface area contributed by atoms with Crippen LogP contribution < -0.4 is 10.9 Å². The molecule has 0 radical (unpaired) electrons.